The maximum absolute atomic E-state index is 4.64. The largest absolute Gasteiger partial charge is 0.306 e. The molecule has 0 saturated carbocycles. The lowest BCUT2D eigenvalue weighted by Gasteiger charge is -2.28. The number of rotatable bonds is 3. The molecule has 1 aliphatic heterocycles. The van der Waals surface area contributed by atoms with E-state index >= 15 is 0 Å². The molecular formula is C19H21N3S2. The quantitative estimate of drug-likeness (QED) is 0.628. The predicted molar refractivity (Wildman–Crippen MR) is 104 cm³/mol. The summed E-state index contributed by atoms with van der Waals surface area (Å²) in [4.78, 5) is 12.6. The van der Waals surface area contributed by atoms with Gasteiger partial charge in [-0.15, -0.1) is 23.1 Å². The van der Waals surface area contributed by atoms with E-state index in [9.17, 15) is 0 Å². The van der Waals surface area contributed by atoms with Gasteiger partial charge in [-0.25, -0.2) is 9.97 Å². The van der Waals surface area contributed by atoms with Crippen molar-refractivity contribution in [2.24, 2.45) is 0 Å². The molecule has 1 saturated heterocycles. The number of thiophene rings is 1. The second-order valence-electron chi connectivity index (χ2n) is 6.49. The molecule has 0 spiro atoms. The molecule has 0 aliphatic carbocycles. The van der Waals surface area contributed by atoms with Crippen LogP contribution in [-0.4, -0.2) is 40.3 Å². The molecule has 1 fully saturated rings. The number of benzene rings is 1. The molecule has 3 aromatic rings. The van der Waals surface area contributed by atoms with Gasteiger partial charge in [-0.05, 0) is 45.5 Å². The molecule has 0 radical (unpaired) electrons. The number of fused-ring (bicyclic) bond motifs is 1. The molecule has 1 aliphatic rings. The Labute approximate surface area is 151 Å². The van der Waals surface area contributed by atoms with Gasteiger partial charge in [0.25, 0.3) is 0 Å². The van der Waals surface area contributed by atoms with Crippen molar-refractivity contribution in [3.8, 4) is 11.1 Å². The highest BCUT2D eigenvalue weighted by Crippen LogP contribution is 2.40. The van der Waals surface area contributed by atoms with Crippen LogP contribution in [0.15, 0.2) is 41.0 Å². The second-order valence-corrected chi connectivity index (χ2v) is 8.64. The summed E-state index contributed by atoms with van der Waals surface area (Å²) in [5, 5.41) is 5.26. The van der Waals surface area contributed by atoms with Crippen LogP contribution in [0.2, 0.25) is 0 Å². The van der Waals surface area contributed by atoms with Crippen LogP contribution in [0.1, 0.15) is 18.4 Å². The van der Waals surface area contributed by atoms with Crippen molar-refractivity contribution in [2.75, 3.05) is 20.1 Å². The fourth-order valence-electron chi connectivity index (χ4n) is 3.14. The first-order valence-electron chi connectivity index (χ1n) is 8.35. The van der Waals surface area contributed by atoms with Gasteiger partial charge in [-0.3, -0.25) is 0 Å². The summed E-state index contributed by atoms with van der Waals surface area (Å²) >= 11 is 3.66. The summed E-state index contributed by atoms with van der Waals surface area (Å²) < 4.78 is 0. The van der Waals surface area contributed by atoms with E-state index < -0.39 is 0 Å². The Morgan fingerprint density at radius 2 is 1.88 bits per heavy atom. The minimum absolute atomic E-state index is 0.657. The monoisotopic (exact) mass is 355 g/mol. The van der Waals surface area contributed by atoms with Gasteiger partial charge < -0.3 is 4.90 Å². The van der Waals surface area contributed by atoms with E-state index in [2.05, 4.69) is 58.5 Å². The molecule has 0 unspecified atom stereocenters. The number of nitrogens with zero attached hydrogens (tertiary/aromatic N) is 3. The summed E-state index contributed by atoms with van der Waals surface area (Å²) in [7, 11) is 2.21. The minimum Gasteiger partial charge on any atom is -0.306 e. The Kier molecular flexibility index (Phi) is 4.57. The van der Waals surface area contributed by atoms with Crippen LogP contribution in [0.4, 0.5) is 0 Å². The van der Waals surface area contributed by atoms with Gasteiger partial charge in [0, 0.05) is 16.2 Å². The topological polar surface area (TPSA) is 29.0 Å². The van der Waals surface area contributed by atoms with Crippen LogP contribution in [0.3, 0.4) is 0 Å². The van der Waals surface area contributed by atoms with E-state index in [1.807, 2.05) is 11.8 Å². The van der Waals surface area contributed by atoms with Gasteiger partial charge in [0.2, 0.25) is 0 Å². The van der Waals surface area contributed by atoms with Crippen LogP contribution < -0.4 is 0 Å². The molecule has 0 bridgehead atoms. The first-order valence-corrected chi connectivity index (χ1v) is 10.1. The van der Waals surface area contributed by atoms with Crippen molar-refractivity contribution in [1.82, 2.24) is 14.9 Å². The zero-order valence-electron chi connectivity index (χ0n) is 14.0. The number of piperidine rings is 1. The first-order chi connectivity index (χ1) is 11.7. The molecule has 0 amide bonds. The molecule has 1 aromatic carbocycles. The highest BCUT2D eigenvalue weighted by Gasteiger charge is 2.21. The zero-order chi connectivity index (χ0) is 16.5. The SMILES string of the molecule is Cc1ccc(-c2csc3ncnc(SC4CCN(C)CC4)c23)cc1. The van der Waals surface area contributed by atoms with Crippen LogP contribution in [0, 0.1) is 6.92 Å². The Balaban J connectivity index is 1.70. The first kappa shape index (κ1) is 16.1. The second kappa shape index (κ2) is 6.82. The van der Waals surface area contributed by atoms with E-state index in [1.165, 1.54) is 48.0 Å². The van der Waals surface area contributed by atoms with E-state index in [0.717, 1.165) is 9.86 Å². The molecule has 4 rings (SSSR count). The van der Waals surface area contributed by atoms with Gasteiger partial charge in [0.05, 0.1) is 5.39 Å². The highest BCUT2D eigenvalue weighted by molar-refractivity contribution is 8.00. The van der Waals surface area contributed by atoms with E-state index in [-0.39, 0.29) is 0 Å². The minimum atomic E-state index is 0.657. The summed E-state index contributed by atoms with van der Waals surface area (Å²) in [6, 6.07) is 8.75. The van der Waals surface area contributed by atoms with Crippen molar-refractivity contribution in [2.45, 2.75) is 30.0 Å². The molecule has 3 nitrogen and oxygen atoms in total. The fraction of sp³-hybridized carbons (Fsp3) is 0.368. The average Bonchev–Trinajstić information content (AvgIpc) is 3.03. The maximum Gasteiger partial charge on any atom is 0.128 e. The van der Waals surface area contributed by atoms with E-state index in [1.54, 1.807) is 17.7 Å². The Morgan fingerprint density at radius 1 is 1.12 bits per heavy atom. The summed E-state index contributed by atoms with van der Waals surface area (Å²) in [6.45, 7) is 4.49. The van der Waals surface area contributed by atoms with E-state index in [4.69, 9.17) is 0 Å². The van der Waals surface area contributed by atoms with Crippen molar-refractivity contribution in [3.05, 3.63) is 41.5 Å². The van der Waals surface area contributed by atoms with Crippen LogP contribution in [0.25, 0.3) is 21.3 Å². The molecule has 124 valence electrons. The van der Waals surface area contributed by atoms with Gasteiger partial charge in [-0.2, -0.15) is 0 Å². The Bertz CT molecular complexity index is 833. The molecule has 5 heteroatoms. The van der Waals surface area contributed by atoms with Gasteiger partial charge in [0.15, 0.2) is 0 Å². The van der Waals surface area contributed by atoms with Gasteiger partial charge in [0.1, 0.15) is 16.2 Å². The molecular weight excluding hydrogens is 334 g/mol. The third-order valence-electron chi connectivity index (χ3n) is 4.64. The molecule has 3 heterocycles. The average molecular weight is 356 g/mol. The Morgan fingerprint density at radius 3 is 2.62 bits per heavy atom. The molecule has 0 N–H and O–H groups in total. The van der Waals surface area contributed by atoms with Crippen molar-refractivity contribution in [1.29, 1.82) is 0 Å². The van der Waals surface area contributed by atoms with E-state index in [0.29, 0.717) is 5.25 Å². The fourth-order valence-corrected chi connectivity index (χ4v) is 5.32. The van der Waals surface area contributed by atoms with Crippen molar-refractivity contribution < 1.29 is 0 Å². The summed E-state index contributed by atoms with van der Waals surface area (Å²) in [5.74, 6) is 0. The maximum atomic E-state index is 4.64. The van der Waals surface area contributed by atoms with Gasteiger partial charge in [-0.1, -0.05) is 29.8 Å². The number of hydrogen-bond acceptors (Lipinski definition) is 5. The third-order valence-corrected chi connectivity index (χ3v) is 6.87. The van der Waals surface area contributed by atoms with Gasteiger partial charge >= 0.3 is 0 Å². The normalized spacial score (nSPS) is 16.8. The molecule has 0 atom stereocenters. The van der Waals surface area contributed by atoms with Crippen LogP contribution in [0.5, 0.6) is 0 Å². The number of likely N-dealkylation sites (tertiary alicyclic amines) is 1. The lowest BCUT2D eigenvalue weighted by Crippen LogP contribution is -2.31. The lowest BCUT2D eigenvalue weighted by atomic mass is 10.1. The number of thioether (sulfide) groups is 1. The summed E-state index contributed by atoms with van der Waals surface area (Å²) in [6.07, 6.45) is 4.18. The number of aromatic nitrogens is 2. The third kappa shape index (κ3) is 3.21. The van der Waals surface area contributed by atoms with Crippen molar-refractivity contribution in [3.63, 3.8) is 0 Å². The van der Waals surface area contributed by atoms with Crippen LogP contribution in [-0.2, 0) is 0 Å². The molecule has 24 heavy (non-hydrogen) atoms. The van der Waals surface area contributed by atoms with Crippen molar-refractivity contribution >= 4 is 33.3 Å². The number of hydrogen-bond donors (Lipinski definition) is 0. The standard InChI is InChI=1S/C19H21N3S2/c1-13-3-5-14(6-4-13)16-11-23-18-17(16)19(21-12-20-18)24-15-7-9-22(2)10-8-15/h3-6,11-12,15H,7-10H2,1-2H3. The Hall–Kier alpha value is -1.43. The summed E-state index contributed by atoms with van der Waals surface area (Å²) in [5.41, 5.74) is 3.81. The molecule has 2 aromatic heterocycles. The van der Waals surface area contributed by atoms with Crippen LogP contribution >= 0.6 is 23.1 Å². The zero-order valence-corrected chi connectivity index (χ0v) is 15.7. The number of aryl methyl sites for hydroxylation is 1. The smallest absolute Gasteiger partial charge is 0.128 e. The lowest BCUT2D eigenvalue weighted by molar-refractivity contribution is 0.282. The highest BCUT2D eigenvalue weighted by atomic mass is 32.2. The predicted octanol–water partition coefficient (Wildman–Crippen LogP) is 4.85.